The Kier molecular flexibility index (Phi) is 4.99. The Labute approximate surface area is 124 Å². The number of thiophene rings is 1. The molecule has 2 aromatic rings. The number of nitrogens with zero attached hydrogens (tertiary/aromatic N) is 4. The molecule has 0 bridgehead atoms. The second kappa shape index (κ2) is 6.93. The van der Waals surface area contributed by atoms with Gasteiger partial charge >= 0.3 is 5.97 Å². The van der Waals surface area contributed by atoms with Crippen LogP contribution in [0.25, 0.3) is 10.7 Å². The maximum atomic E-state index is 11.7. The molecule has 0 aliphatic carbocycles. The van der Waals surface area contributed by atoms with Crippen LogP contribution in [0.2, 0.25) is 0 Å². The summed E-state index contributed by atoms with van der Waals surface area (Å²) in [4.78, 5) is 24.3. The van der Waals surface area contributed by atoms with E-state index < -0.39 is 5.97 Å². The van der Waals surface area contributed by atoms with Crippen molar-refractivity contribution in [3.05, 3.63) is 17.5 Å². The molecule has 2 heterocycles. The van der Waals surface area contributed by atoms with Gasteiger partial charge in [-0.25, -0.2) is 0 Å². The molecule has 21 heavy (non-hydrogen) atoms. The molecular formula is C12H15N5O3S. The van der Waals surface area contributed by atoms with Gasteiger partial charge in [-0.1, -0.05) is 13.0 Å². The van der Waals surface area contributed by atoms with E-state index in [1.165, 1.54) is 16.1 Å². The highest BCUT2D eigenvalue weighted by molar-refractivity contribution is 7.13. The van der Waals surface area contributed by atoms with E-state index >= 15 is 0 Å². The van der Waals surface area contributed by atoms with Crippen molar-refractivity contribution in [3.63, 3.8) is 0 Å². The first kappa shape index (κ1) is 15.1. The number of hydrogen-bond acceptors (Lipinski definition) is 6. The number of aliphatic carboxylic acids is 1. The third-order valence-corrected chi connectivity index (χ3v) is 3.52. The van der Waals surface area contributed by atoms with E-state index in [4.69, 9.17) is 5.11 Å². The van der Waals surface area contributed by atoms with E-state index in [-0.39, 0.29) is 24.8 Å². The highest BCUT2D eigenvalue weighted by Crippen LogP contribution is 2.19. The van der Waals surface area contributed by atoms with E-state index in [1.807, 2.05) is 17.5 Å². The van der Waals surface area contributed by atoms with Crippen LogP contribution in [-0.4, -0.2) is 43.7 Å². The molecule has 9 heteroatoms. The third-order valence-electron chi connectivity index (χ3n) is 2.65. The lowest BCUT2D eigenvalue weighted by Crippen LogP contribution is -2.32. The normalized spacial score (nSPS) is 12.0. The summed E-state index contributed by atoms with van der Waals surface area (Å²) in [5.41, 5.74) is 0. The van der Waals surface area contributed by atoms with Crippen molar-refractivity contribution in [3.8, 4) is 10.7 Å². The molecule has 0 saturated carbocycles. The van der Waals surface area contributed by atoms with E-state index in [1.54, 1.807) is 6.92 Å². The van der Waals surface area contributed by atoms with E-state index in [0.29, 0.717) is 12.4 Å². The molecular weight excluding hydrogens is 294 g/mol. The van der Waals surface area contributed by atoms with E-state index in [9.17, 15) is 9.59 Å². The number of carboxylic acids is 1. The van der Waals surface area contributed by atoms with Crippen molar-refractivity contribution >= 4 is 23.2 Å². The highest BCUT2D eigenvalue weighted by Gasteiger charge is 2.12. The predicted molar refractivity (Wildman–Crippen MR) is 75.6 cm³/mol. The Hall–Kier alpha value is -2.29. The second-order valence-corrected chi connectivity index (χ2v) is 5.58. The van der Waals surface area contributed by atoms with Gasteiger partial charge in [-0.15, -0.1) is 21.5 Å². The Morgan fingerprint density at radius 3 is 3.00 bits per heavy atom. The molecule has 2 rings (SSSR count). The summed E-state index contributed by atoms with van der Waals surface area (Å²) in [6, 6.07) is 3.76. The van der Waals surface area contributed by atoms with Crippen molar-refractivity contribution in [2.45, 2.75) is 19.9 Å². The third kappa shape index (κ3) is 4.63. The Morgan fingerprint density at radius 2 is 2.33 bits per heavy atom. The largest absolute Gasteiger partial charge is 0.481 e. The molecule has 0 saturated heterocycles. The molecule has 0 aromatic carbocycles. The first-order valence-electron chi connectivity index (χ1n) is 6.34. The van der Waals surface area contributed by atoms with Crippen LogP contribution in [0.5, 0.6) is 0 Å². The van der Waals surface area contributed by atoms with Crippen LogP contribution in [0, 0.1) is 5.92 Å². The Bertz CT molecular complexity index is 610. The average molecular weight is 309 g/mol. The van der Waals surface area contributed by atoms with Crippen molar-refractivity contribution in [2.75, 3.05) is 6.54 Å². The molecule has 0 radical (unpaired) electrons. The highest BCUT2D eigenvalue weighted by atomic mass is 32.1. The van der Waals surface area contributed by atoms with Gasteiger partial charge in [-0.05, 0) is 22.6 Å². The maximum Gasteiger partial charge on any atom is 0.303 e. The SMILES string of the molecule is CC(CNC(=O)Cn1nnc(-c2cccs2)n1)CC(=O)O. The molecule has 0 spiro atoms. The minimum Gasteiger partial charge on any atom is -0.481 e. The summed E-state index contributed by atoms with van der Waals surface area (Å²) in [6.07, 6.45) is 0.0182. The molecule has 112 valence electrons. The molecule has 0 aliphatic rings. The van der Waals surface area contributed by atoms with Crippen LogP contribution in [0.3, 0.4) is 0 Å². The first-order chi connectivity index (χ1) is 10.0. The molecule has 2 aromatic heterocycles. The summed E-state index contributed by atoms with van der Waals surface area (Å²) in [5, 5.41) is 25.0. The molecule has 1 atom stereocenters. The van der Waals surface area contributed by atoms with Crippen LogP contribution in [-0.2, 0) is 16.1 Å². The summed E-state index contributed by atoms with van der Waals surface area (Å²) >= 11 is 1.49. The fourth-order valence-electron chi connectivity index (χ4n) is 1.66. The van der Waals surface area contributed by atoms with Gasteiger partial charge in [0.2, 0.25) is 11.7 Å². The molecule has 0 fully saturated rings. The monoisotopic (exact) mass is 309 g/mol. The first-order valence-corrected chi connectivity index (χ1v) is 7.22. The zero-order valence-corrected chi connectivity index (χ0v) is 12.2. The van der Waals surface area contributed by atoms with Crippen LogP contribution in [0.1, 0.15) is 13.3 Å². The number of amides is 1. The number of carbonyl (C=O) groups excluding carboxylic acids is 1. The zero-order valence-electron chi connectivity index (χ0n) is 11.4. The van der Waals surface area contributed by atoms with Gasteiger partial charge in [0.15, 0.2) is 0 Å². The quantitative estimate of drug-likeness (QED) is 0.776. The van der Waals surface area contributed by atoms with Crippen LogP contribution >= 0.6 is 11.3 Å². The second-order valence-electron chi connectivity index (χ2n) is 4.63. The molecule has 1 amide bonds. The lowest BCUT2D eigenvalue weighted by molar-refractivity contribution is -0.138. The minimum atomic E-state index is -0.879. The lowest BCUT2D eigenvalue weighted by Gasteiger charge is -2.09. The predicted octanol–water partition coefficient (Wildman–Crippen LogP) is 0.629. The fraction of sp³-hybridized carbons (Fsp3) is 0.417. The van der Waals surface area contributed by atoms with Crippen molar-refractivity contribution in [1.29, 1.82) is 0 Å². The van der Waals surface area contributed by atoms with E-state index in [0.717, 1.165) is 4.88 Å². The van der Waals surface area contributed by atoms with Crippen LogP contribution < -0.4 is 5.32 Å². The van der Waals surface area contributed by atoms with Crippen molar-refractivity contribution in [1.82, 2.24) is 25.5 Å². The Morgan fingerprint density at radius 1 is 1.52 bits per heavy atom. The standard InChI is InChI=1S/C12H15N5O3S/c1-8(5-11(19)20)6-13-10(18)7-17-15-12(14-16-17)9-3-2-4-21-9/h2-4,8H,5-7H2,1H3,(H,13,18)(H,19,20). The molecule has 8 nitrogen and oxygen atoms in total. The van der Waals surface area contributed by atoms with Gasteiger partial charge < -0.3 is 10.4 Å². The van der Waals surface area contributed by atoms with Gasteiger partial charge in [-0.2, -0.15) is 4.80 Å². The number of carboxylic acid groups (broad SMARTS) is 1. The van der Waals surface area contributed by atoms with Gasteiger partial charge in [0.05, 0.1) is 4.88 Å². The molecule has 2 N–H and O–H groups in total. The summed E-state index contributed by atoms with van der Waals surface area (Å²) < 4.78 is 0. The van der Waals surface area contributed by atoms with Gasteiger partial charge in [0.25, 0.3) is 0 Å². The smallest absolute Gasteiger partial charge is 0.303 e. The van der Waals surface area contributed by atoms with Crippen LogP contribution in [0.15, 0.2) is 17.5 Å². The summed E-state index contributed by atoms with van der Waals surface area (Å²) in [7, 11) is 0. The van der Waals surface area contributed by atoms with E-state index in [2.05, 4.69) is 20.7 Å². The summed E-state index contributed by atoms with van der Waals surface area (Å²) in [5.74, 6) is -0.800. The minimum absolute atomic E-state index is 0.0182. The number of rotatable bonds is 7. The number of hydrogen-bond donors (Lipinski definition) is 2. The maximum absolute atomic E-state index is 11.7. The summed E-state index contributed by atoms with van der Waals surface area (Å²) in [6.45, 7) is 2.02. The molecule has 0 aliphatic heterocycles. The average Bonchev–Trinajstić information content (AvgIpc) is 3.05. The number of aromatic nitrogens is 4. The van der Waals surface area contributed by atoms with Gasteiger partial charge in [0, 0.05) is 13.0 Å². The van der Waals surface area contributed by atoms with Gasteiger partial charge in [-0.3, -0.25) is 9.59 Å². The Balaban J connectivity index is 1.82. The van der Waals surface area contributed by atoms with Gasteiger partial charge in [0.1, 0.15) is 6.54 Å². The van der Waals surface area contributed by atoms with Crippen molar-refractivity contribution in [2.24, 2.45) is 5.92 Å². The topological polar surface area (TPSA) is 110 Å². The van der Waals surface area contributed by atoms with Crippen molar-refractivity contribution < 1.29 is 14.7 Å². The molecule has 1 unspecified atom stereocenters. The van der Waals surface area contributed by atoms with Crippen LogP contribution in [0.4, 0.5) is 0 Å². The number of tetrazole rings is 1. The number of nitrogens with one attached hydrogen (secondary N) is 1. The fourth-order valence-corrected chi connectivity index (χ4v) is 2.31. The zero-order chi connectivity index (χ0) is 15.2. The number of carbonyl (C=O) groups is 2. The lowest BCUT2D eigenvalue weighted by atomic mass is 10.1.